The van der Waals surface area contributed by atoms with Gasteiger partial charge in [0.25, 0.3) is 5.56 Å². The summed E-state index contributed by atoms with van der Waals surface area (Å²) in [6.45, 7) is 2.24. The van der Waals surface area contributed by atoms with Gasteiger partial charge in [0.05, 0.1) is 36.3 Å². The van der Waals surface area contributed by atoms with Crippen LogP contribution in [0, 0.1) is 11.3 Å². The first-order valence-corrected chi connectivity index (χ1v) is 11.6. The average molecular weight is 465 g/mol. The lowest BCUT2D eigenvalue weighted by atomic mass is 10.1. The topological polar surface area (TPSA) is 106 Å². The van der Waals surface area contributed by atoms with E-state index in [1.165, 1.54) is 10.7 Å². The van der Waals surface area contributed by atoms with Gasteiger partial charge in [-0.15, -0.1) is 0 Å². The van der Waals surface area contributed by atoms with Crippen molar-refractivity contribution in [2.45, 2.75) is 25.5 Å². The molecule has 4 aromatic rings. The third-order valence-corrected chi connectivity index (χ3v) is 5.91. The van der Waals surface area contributed by atoms with Crippen molar-refractivity contribution in [1.29, 1.82) is 5.26 Å². The predicted molar refractivity (Wildman–Crippen MR) is 132 cm³/mol. The van der Waals surface area contributed by atoms with E-state index in [0.29, 0.717) is 29.4 Å². The minimum Gasteiger partial charge on any atom is -0.487 e. The Bertz CT molecular complexity index is 1400. The zero-order chi connectivity index (χ0) is 24.0. The Labute approximate surface area is 202 Å². The molecule has 1 saturated heterocycles. The molecule has 0 bridgehead atoms. The van der Waals surface area contributed by atoms with E-state index in [1.54, 1.807) is 30.6 Å². The van der Waals surface area contributed by atoms with Gasteiger partial charge in [-0.2, -0.15) is 10.4 Å². The van der Waals surface area contributed by atoms with Crippen molar-refractivity contribution >= 4 is 0 Å². The lowest BCUT2D eigenvalue weighted by Gasteiger charge is -2.23. The quantitative estimate of drug-likeness (QED) is 0.466. The SMILES string of the molecule is N#Cc1ccc(-c2ccc(=O)n(Cc3cccc(-c4ncc(OC5CCNCC5)cn4)c3)n2)cc1. The maximum absolute atomic E-state index is 12.5. The van der Waals surface area contributed by atoms with Gasteiger partial charge in [0, 0.05) is 17.2 Å². The summed E-state index contributed by atoms with van der Waals surface area (Å²) in [5.74, 6) is 1.27. The van der Waals surface area contributed by atoms with E-state index in [1.807, 2.05) is 36.4 Å². The molecule has 0 unspecified atom stereocenters. The fraction of sp³-hybridized carbons (Fsp3) is 0.222. The molecule has 0 atom stereocenters. The largest absolute Gasteiger partial charge is 0.487 e. The van der Waals surface area contributed by atoms with Gasteiger partial charge >= 0.3 is 0 Å². The molecule has 8 heteroatoms. The molecular weight excluding hydrogens is 440 g/mol. The second-order valence-corrected chi connectivity index (χ2v) is 8.41. The Morgan fingerprint density at radius 2 is 1.77 bits per heavy atom. The van der Waals surface area contributed by atoms with Crippen molar-refractivity contribution in [3.05, 3.63) is 94.5 Å². The molecule has 0 saturated carbocycles. The molecule has 3 heterocycles. The molecule has 2 aromatic heterocycles. The molecule has 2 aromatic carbocycles. The Morgan fingerprint density at radius 1 is 1.00 bits per heavy atom. The van der Waals surface area contributed by atoms with Crippen LogP contribution >= 0.6 is 0 Å². The number of rotatable bonds is 6. The summed E-state index contributed by atoms with van der Waals surface area (Å²) >= 11 is 0. The van der Waals surface area contributed by atoms with Crippen LogP contribution in [-0.2, 0) is 6.54 Å². The maximum Gasteiger partial charge on any atom is 0.267 e. The summed E-state index contributed by atoms with van der Waals surface area (Å²) in [7, 11) is 0. The predicted octanol–water partition coefficient (Wildman–Crippen LogP) is 3.42. The highest BCUT2D eigenvalue weighted by atomic mass is 16.5. The molecule has 35 heavy (non-hydrogen) atoms. The van der Waals surface area contributed by atoms with Gasteiger partial charge in [0.15, 0.2) is 11.6 Å². The number of nitrogens with zero attached hydrogens (tertiary/aromatic N) is 5. The minimum atomic E-state index is -0.191. The summed E-state index contributed by atoms with van der Waals surface area (Å²) in [6, 6.07) is 20.2. The van der Waals surface area contributed by atoms with Crippen molar-refractivity contribution in [2.75, 3.05) is 13.1 Å². The Balaban J connectivity index is 1.33. The van der Waals surface area contributed by atoms with Crippen molar-refractivity contribution in [1.82, 2.24) is 25.1 Å². The minimum absolute atomic E-state index is 0.191. The number of nitriles is 1. The first-order chi connectivity index (χ1) is 17.2. The molecule has 0 amide bonds. The van der Waals surface area contributed by atoms with E-state index in [0.717, 1.165) is 42.6 Å². The summed E-state index contributed by atoms with van der Waals surface area (Å²) in [6.07, 6.45) is 5.57. The number of hydrogen-bond donors (Lipinski definition) is 1. The molecule has 1 aliphatic heterocycles. The fourth-order valence-corrected chi connectivity index (χ4v) is 4.05. The zero-order valence-corrected chi connectivity index (χ0v) is 19.1. The normalized spacial score (nSPS) is 13.8. The standard InChI is InChI=1S/C27H24N6O2/c28-15-19-4-6-21(7-5-19)25-8-9-26(34)33(32-25)18-20-2-1-3-22(14-20)27-30-16-24(17-31-27)35-23-10-12-29-13-11-23/h1-9,14,16-17,23,29H,10-13,18H2. The van der Waals surface area contributed by atoms with Gasteiger partial charge in [-0.05, 0) is 55.8 Å². The van der Waals surface area contributed by atoms with Crippen LogP contribution in [0.1, 0.15) is 24.0 Å². The van der Waals surface area contributed by atoms with E-state index in [4.69, 9.17) is 10.00 Å². The van der Waals surface area contributed by atoms with E-state index >= 15 is 0 Å². The maximum atomic E-state index is 12.5. The highest BCUT2D eigenvalue weighted by Crippen LogP contribution is 2.21. The molecule has 8 nitrogen and oxygen atoms in total. The summed E-state index contributed by atoms with van der Waals surface area (Å²) in [4.78, 5) is 21.5. The van der Waals surface area contributed by atoms with Crippen LogP contribution in [0.5, 0.6) is 5.75 Å². The van der Waals surface area contributed by atoms with Gasteiger partial charge < -0.3 is 10.1 Å². The Morgan fingerprint density at radius 3 is 2.51 bits per heavy atom. The molecule has 0 spiro atoms. The molecule has 0 aliphatic carbocycles. The van der Waals surface area contributed by atoms with E-state index in [9.17, 15) is 4.79 Å². The first-order valence-electron chi connectivity index (χ1n) is 11.6. The third kappa shape index (κ3) is 5.42. The third-order valence-electron chi connectivity index (χ3n) is 5.91. The number of hydrogen-bond acceptors (Lipinski definition) is 7. The fourth-order valence-electron chi connectivity index (χ4n) is 4.05. The summed E-state index contributed by atoms with van der Waals surface area (Å²) < 4.78 is 7.43. The van der Waals surface area contributed by atoms with E-state index < -0.39 is 0 Å². The molecular formula is C27H24N6O2. The molecule has 5 rings (SSSR count). The van der Waals surface area contributed by atoms with Crippen molar-refractivity contribution in [3.63, 3.8) is 0 Å². The monoisotopic (exact) mass is 464 g/mol. The Kier molecular flexibility index (Phi) is 6.59. The number of piperidine rings is 1. The van der Waals surface area contributed by atoms with Crippen LogP contribution in [0.4, 0.5) is 0 Å². The second-order valence-electron chi connectivity index (χ2n) is 8.41. The number of aromatic nitrogens is 4. The highest BCUT2D eigenvalue weighted by molar-refractivity contribution is 5.59. The molecule has 1 N–H and O–H groups in total. The highest BCUT2D eigenvalue weighted by Gasteiger charge is 2.15. The van der Waals surface area contributed by atoms with Crippen LogP contribution in [0.3, 0.4) is 0 Å². The van der Waals surface area contributed by atoms with E-state index in [2.05, 4.69) is 26.5 Å². The lowest BCUT2D eigenvalue weighted by Crippen LogP contribution is -2.34. The number of nitrogens with one attached hydrogen (secondary N) is 1. The Hall–Kier alpha value is -4.35. The molecule has 174 valence electrons. The van der Waals surface area contributed by atoms with Crippen molar-refractivity contribution in [3.8, 4) is 34.5 Å². The van der Waals surface area contributed by atoms with Gasteiger partial charge in [-0.1, -0.05) is 30.3 Å². The van der Waals surface area contributed by atoms with Crippen LogP contribution in [-0.4, -0.2) is 38.9 Å². The van der Waals surface area contributed by atoms with Gasteiger partial charge in [0.1, 0.15) is 6.10 Å². The van der Waals surface area contributed by atoms with Crippen molar-refractivity contribution in [2.24, 2.45) is 0 Å². The van der Waals surface area contributed by atoms with Crippen molar-refractivity contribution < 1.29 is 4.74 Å². The van der Waals surface area contributed by atoms with Crippen LogP contribution in [0.15, 0.2) is 77.9 Å². The average Bonchev–Trinajstić information content (AvgIpc) is 2.91. The zero-order valence-electron chi connectivity index (χ0n) is 19.1. The van der Waals surface area contributed by atoms with Gasteiger partial charge in [-0.3, -0.25) is 4.79 Å². The van der Waals surface area contributed by atoms with Gasteiger partial charge in [0.2, 0.25) is 0 Å². The number of ether oxygens (including phenoxy) is 1. The van der Waals surface area contributed by atoms with E-state index in [-0.39, 0.29) is 11.7 Å². The van der Waals surface area contributed by atoms with Gasteiger partial charge in [-0.25, -0.2) is 14.6 Å². The van der Waals surface area contributed by atoms with Crippen LogP contribution in [0.25, 0.3) is 22.6 Å². The second kappa shape index (κ2) is 10.3. The first kappa shape index (κ1) is 22.4. The van der Waals surface area contributed by atoms with Crippen LogP contribution in [0.2, 0.25) is 0 Å². The summed E-state index contributed by atoms with van der Waals surface area (Å²) in [5, 5.41) is 16.9. The summed E-state index contributed by atoms with van der Waals surface area (Å²) in [5.41, 5.74) is 3.65. The molecule has 0 radical (unpaired) electrons. The molecule has 1 fully saturated rings. The smallest absolute Gasteiger partial charge is 0.267 e. The molecule has 1 aliphatic rings. The van der Waals surface area contributed by atoms with Crippen LogP contribution < -0.4 is 15.6 Å². The number of benzene rings is 2. The lowest BCUT2D eigenvalue weighted by molar-refractivity contribution is 0.161.